The molecule has 0 aliphatic rings. The number of hydrogen-bond acceptors (Lipinski definition) is 0. The molecule has 0 aliphatic heterocycles. The summed E-state index contributed by atoms with van der Waals surface area (Å²) in [6, 6.07) is 8.40. The van der Waals surface area contributed by atoms with E-state index < -0.39 is 0 Å². The monoisotopic (exact) mass is 287 g/mol. The number of aromatic nitrogens is 1. The molecule has 13 heavy (non-hydrogen) atoms. The van der Waals surface area contributed by atoms with E-state index in [1.807, 2.05) is 4.93 Å². The van der Waals surface area contributed by atoms with Crippen molar-refractivity contribution < 1.29 is 0 Å². The minimum atomic E-state index is 1.10. The van der Waals surface area contributed by atoms with Gasteiger partial charge in [0, 0.05) is 17.1 Å². The van der Waals surface area contributed by atoms with Gasteiger partial charge in [0.2, 0.25) is 0 Å². The molecule has 0 radical (unpaired) electrons. The second kappa shape index (κ2) is 5.27. The predicted octanol–water partition coefficient (Wildman–Crippen LogP) is 3.78. The fourth-order valence-electron chi connectivity index (χ4n) is 1.42. The van der Waals surface area contributed by atoms with Crippen LogP contribution in [0.1, 0.15) is 12.5 Å². The Bertz CT molecular complexity index is 365. The van der Waals surface area contributed by atoms with Gasteiger partial charge in [0.25, 0.3) is 0 Å². The number of rotatable bonds is 1. The standard InChI is InChI=1S/C10H11N.CH3I/c1-2-8-7-11-10-6-4-3-5-9(8)10;1-2/h3-7,11H,2H2,1H3;1H3. The van der Waals surface area contributed by atoms with Crippen molar-refractivity contribution in [2.75, 3.05) is 4.93 Å². The second-order valence-corrected chi connectivity index (χ2v) is 2.71. The number of aryl methyl sites for hydroxylation is 1. The minimum Gasteiger partial charge on any atom is -0.361 e. The van der Waals surface area contributed by atoms with E-state index >= 15 is 0 Å². The average Bonchev–Trinajstić information content (AvgIpc) is 2.64. The molecule has 0 aliphatic carbocycles. The molecule has 2 aromatic rings. The second-order valence-electron chi connectivity index (χ2n) is 2.71. The quantitative estimate of drug-likeness (QED) is 0.607. The lowest BCUT2D eigenvalue weighted by Crippen LogP contribution is -1.72. The molecule has 0 bridgehead atoms. The van der Waals surface area contributed by atoms with E-state index in [2.05, 4.69) is 65.0 Å². The molecule has 0 saturated heterocycles. The van der Waals surface area contributed by atoms with Gasteiger partial charge in [-0.25, -0.2) is 0 Å². The fourth-order valence-corrected chi connectivity index (χ4v) is 1.42. The Morgan fingerprint density at radius 3 is 2.62 bits per heavy atom. The first kappa shape index (κ1) is 10.6. The SMILES string of the molecule is CCc1c[nH]c2ccccc12.CI. The van der Waals surface area contributed by atoms with Crippen LogP contribution in [0.3, 0.4) is 0 Å². The zero-order valence-electron chi connectivity index (χ0n) is 7.97. The molecular formula is C11H14IN. The number of alkyl halides is 1. The Hall–Kier alpha value is -0.510. The number of nitrogens with one attached hydrogen (secondary N) is 1. The van der Waals surface area contributed by atoms with E-state index in [1.165, 1.54) is 16.5 Å². The molecule has 1 heterocycles. The molecule has 1 nitrogen and oxygen atoms in total. The Kier molecular flexibility index (Phi) is 4.28. The number of aromatic amines is 1. The summed E-state index contributed by atoms with van der Waals surface area (Å²) in [6.07, 6.45) is 3.19. The van der Waals surface area contributed by atoms with Crippen molar-refractivity contribution in [3.05, 3.63) is 36.0 Å². The smallest absolute Gasteiger partial charge is 0.0456 e. The van der Waals surface area contributed by atoms with Crippen molar-refractivity contribution in [3.8, 4) is 0 Å². The fraction of sp³-hybridized carbons (Fsp3) is 0.273. The van der Waals surface area contributed by atoms with Gasteiger partial charge in [0.05, 0.1) is 0 Å². The van der Waals surface area contributed by atoms with Crippen LogP contribution in [0.4, 0.5) is 0 Å². The first-order valence-electron chi connectivity index (χ1n) is 4.34. The summed E-state index contributed by atoms with van der Waals surface area (Å²) in [5.74, 6) is 0. The number of H-pyrrole nitrogens is 1. The number of para-hydroxylation sites is 1. The van der Waals surface area contributed by atoms with Gasteiger partial charge in [-0.15, -0.1) is 0 Å². The Morgan fingerprint density at radius 2 is 1.92 bits per heavy atom. The zero-order chi connectivity index (χ0) is 9.68. The van der Waals surface area contributed by atoms with Crippen LogP contribution < -0.4 is 0 Å². The van der Waals surface area contributed by atoms with Gasteiger partial charge >= 0.3 is 0 Å². The van der Waals surface area contributed by atoms with Gasteiger partial charge in [-0.1, -0.05) is 47.7 Å². The molecular weight excluding hydrogens is 273 g/mol. The lowest BCUT2D eigenvalue weighted by Gasteiger charge is -1.90. The number of fused-ring (bicyclic) bond motifs is 1. The summed E-state index contributed by atoms with van der Waals surface area (Å²) in [5, 5.41) is 1.36. The van der Waals surface area contributed by atoms with Gasteiger partial charge in [0.1, 0.15) is 0 Å². The zero-order valence-corrected chi connectivity index (χ0v) is 10.1. The van der Waals surface area contributed by atoms with Crippen molar-refractivity contribution in [1.29, 1.82) is 0 Å². The number of hydrogen-bond donors (Lipinski definition) is 1. The summed E-state index contributed by atoms with van der Waals surface area (Å²) >= 11 is 2.15. The third-order valence-electron chi connectivity index (χ3n) is 2.06. The van der Waals surface area contributed by atoms with Crippen LogP contribution in [0, 0.1) is 0 Å². The molecule has 1 N–H and O–H groups in total. The molecule has 2 heteroatoms. The van der Waals surface area contributed by atoms with E-state index in [-0.39, 0.29) is 0 Å². The lowest BCUT2D eigenvalue weighted by molar-refractivity contribution is 1.15. The molecule has 0 unspecified atom stereocenters. The van der Waals surface area contributed by atoms with Crippen molar-refractivity contribution in [2.24, 2.45) is 0 Å². The Morgan fingerprint density at radius 1 is 1.23 bits per heavy atom. The van der Waals surface area contributed by atoms with Crippen molar-refractivity contribution in [3.63, 3.8) is 0 Å². The molecule has 0 spiro atoms. The summed E-state index contributed by atoms with van der Waals surface area (Å²) < 4.78 is 0. The molecule has 2 rings (SSSR count). The Labute approximate surface area is 92.7 Å². The number of halogens is 1. The van der Waals surface area contributed by atoms with Crippen molar-refractivity contribution in [2.45, 2.75) is 13.3 Å². The predicted molar refractivity (Wildman–Crippen MR) is 67.6 cm³/mol. The first-order chi connectivity index (χ1) is 6.42. The molecule has 0 atom stereocenters. The number of benzene rings is 1. The van der Waals surface area contributed by atoms with Crippen LogP contribution >= 0.6 is 22.6 Å². The molecule has 1 aromatic carbocycles. The minimum absolute atomic E-state index is 1.10. The maximum absolute atomic E-state index is 3.24. The molecule has 70 valence electrons. The van der Waals surface area contributed by atoms with E-state index in [1.54, 1.807) is 0 Å². The van der Waals surface area contributed by atoms with E-state index in [0.29, 0.717) is 0 Å². The highest BCUT2D eigenvalue weighted by Gasteiger charge is 1.97. The molecule has 0 amide bonds. The van der Waals surface area contributed by atoms with Crippen LogP contribution in [-0.2, 0) is 6.42 Å². The van der Waals surface area contributed by atoms with E-state index in [9.17, 15) is 0 Å². The van der Waals surface area contributed by atoms with Crippen molar-refractivity contribution in [1.82, 2.24) is 4.98 Å². The van der Waals surface area contributed by atoms with E-state index in [4.69, 9.17) is 0 Å². The van der Waals surface area contributed by atoms with Gasteiger partial charge in [-0.3, -0.25) is 0 Å². The Balaban J connectivity index is 0.000000396. The molecule has 0 fully saturated rings. The van der Waals surface area contributed by atoms with Gasteiger partial charge in [0.15, 0.2) is 0 Å². The van der Waals surface area contributed by atoms with Crippen molar-refractivity contribution >= 4 is 33.5 Å². The summed E-state index contributed by atoms with van der Waals surface area (Å²) in [6.45, 7) is 2.18. The largest absolute Gasteiger partial charge is 0.361 e. The summed E-state index contributed by atoms with van der Waals surface area (Å²) in [4.78, 5) is 5.21. The van der Waals surface area contributed by atoms with Gasteiger partial charge < -0.3 is 4.98 Å². The highest BCUT2D eigenvalue weighted by molar-refractivity contribution is 14.1. The normalized spacial score (nSPS) is 9.46. The van der Waals surface area contributed by atoms with Gasteiger partial charge in [-0.2, -0.15) is 0 Å². The molecule has 0 saturated carbocycles. The van der Waals surface area contributed by atoms with E-state index in [0.717, 1.165) is 6.42 Å². The topological polar surface area (TPSA) is 15.8 Å². The first-order valence-corrected chi connectivity index (χ1v) is 6.50. The maximum Gasteiger partial charge on any atom is 0.0456 e. The van der Waals surface area contributed by atoms with Crippen LogP contribution in [-0.4, -0.2) is 9.91 Å². The lowest BCUT2D eigenvalue weighted by atomic mass is 10.1. The summed E-state index contributed by atoms with van der Waals surface area (Å²) in [5.41, 5.74) is 2.64. The third kappa shape index (κ3) is 2.24. The van der Waals surface area contributed by atoms with Gasteiger partial charge in [-0.05, 0) is 23.0 Å². The third-order valence-corrected chi connectivity index (χ3v) is 2.06. The van der Waals surface area contributed by atoms with Crippen LogP contribution in [0.5, 0.6) is 0 Å². The van der Waals surface area contributed by atoms with Crippen LogP contribution in [0.25, 0.3) is 10.9 Å². The molecule has 1 aromatic heterocycles. The highest BCUT2D eigenvalue weighted by Crippen LogP contribution is 2.17. The van der Waals surface area contributed by atoms with Crippen LogP contribution in [0.15, 0.2) is 30.5 Å². The average molecular weight is 287 g/mol. The highest BCUT2D eigenvalue weighted by atomic mass is 127. The maximum atomic E-state index is 3.24. The van der Waals surface area contributed by atoms with Crippen LogP contribution in [0.2, 0.25) is 0 Å². The summed E-state index contributed by atoms with van der Waals surface area (Å²) in [7, 11) is 0.